The number of piperidine rings is 1. The van der Waals surface area contributed by atoms with E-state index >= 15 is 0 Å². The summed E-state index contributed by atoms with van der Waals surface area (Å²) in [5, 5.41) is 12.6. The van der Waals surface area contributed by atoms with Gasteiger partial charge in [0.1, 0.15) is 17.7 Å². The number of amides is 1. The summed E-state index contributed by atoms with van der Waals surface area (Å²) in [6.45, 7) is 2.54. The van der Waals surface area contributed by atoms with E-state index in [1.807, 2.05) is 19.1 Å². The number of pyridine rings is 1. The standard InChI is InChI=1S/C15H20N6O2/c1-2-10-7-9(5-6-21(10)15(22)23)19-12-4-3-11-13(20-12)14(16)18-8-17-11/h3-4,8-10H,2,5-7H2,1H3,(H,19,20)(H,22,23)(H2,16,17,18). The van der Waals surface area contributed by atoms with Crippen molar-refractivity contribution in [2.45, 2.75) is 38.3 Å². The number of carbonyl (C=O) groups is 1. The van der Waals surface area contributed by atoms with Gasteiger partial charge in [-0.15, -0.1) is 0 Å². The molecular formula is C15H20N6O2. The Balaban J connectivity index is 1.75. The monoisotopic (exact) mass is 316 g/mol. The minimum Gasteiger partial charge on any atom is -0.465 e. The maximum atomic E-state index is 11.2. The third-order valence-corrected chi connectivity index (χ3v) is 4.29. The minimum absolute atomic E-state index is 0.0348. The molecule has 0 saturated carbocycles. The van der Waals surface area contributed by atoms with E-state index in [-0.39, 0.29) is 12.1 Å². The number of anilines is 2. The quantitative estimate of drug-likeness (QED) is 0.792. The second kappa shape index (κ2) is 6.23. The van der Waals surface area contributed by atoms with E-state index in [2.05, 4.69) is 20.3 Å². The largest absolute Gasteiger partial charge is 0.465 e. The molecule has 0 spiro atoms. The van der Waals surface area contributed by atoms with Crippen LogP contribution in [0.5, 0.6) is 0 Å². The molecular weight excluding hydrogens is 296 g/mol. The number of aromatic nitrogens is 3. The molecule has 8 nitrogen and oxygen atoms in total. The zero-order chi connectivity index (χ0) is 16.4. The van der Waals surface area contributed by atoms with Gasteiger partial charge in [-0.05, 0) is 31.4 Å². The lowest BCUT2D eigenvalue weighted by Crippen LogP contribution is -2.48. The number of nitrogens with two attached hydrogens (primary N) is 1. The van der Waals surface area contributed by atoms with Crippen molar-refractivity contribution in [2.75, 3.05) is 17.6 Å². The van der Waals surface area contributed by atoms with Gasteiger partial charge in [-0.3, -0.25) is 0 Å². The Morgan fingerprint density at radius 1 is 1.48 bits per heavy atom. The molecule has 2 unspecified atom stereocenters. The molecule has 1 aliphatic rings. The third-order valence-electron chi connectivity index (χ3n) is 4.29. The van der Waals surface area contributed by atoms with Gasteiger partial charge in [0.15, 0.2) is 5.82 Å². The topological polar surface area (TPSA) is 117 Å². The van der Waals surface area contributed by atoms with Crippen LogP contribution in [0, 0.1) is 0 Å². The maximum absolute atomic E-state index is 11.2. The van der Waals surface area contributed by atoms with Gasteiger partial charge in [0.05, 0.1) is 5.52 Å². The molecule has 2 atom stereocenters. The minimum atomic E-state index is -0.843. The molecule has 1 aliphatic heterocycles. The first-order valence-corrected chi connectivity index (χ1v) is 7.71. The van der Waals surface area contributed by atoms with Gasteiger partial charge in [-0.2, -0.15) is 0 Å². The molecule has 122 valence electrons. The van der Waals surface area contributed by atoms with E-state index in [1.54, 1.807) is 0 Å². The summed E-state index contributed by atoms with van der Waals surface area (Å²) in [6, 6.07) is 3.94. The van der Waals surface area contributed by atoms with Crippen molar-refractivity contribution in [1.82, 2.24) is 19.9 Å². The Bertz CT molecular complexity index is 722. The number of carboxylic acid groups (broad SMARTS) is 1. The molecule has 2 aromatic rings. The first-order valence-electron chi connectivity index (χ1n) is 7.71. The fourth-order valence-corrected chi connectivity index (χ4v) is 3.07. The van der Waals surface area contributed by atoms with Crippen LogP contribution in [0.3, 0.4) is 0 Å². The third kappa shape index (κ3) is 3.10. The molecule has 2 aromatic heterocycles. The number of hydrogen-bond acceptors (Lipinski definition) is 6. The zero-order valence-corrected chi connectivity index (χ0v) is 12.9. The molecule has 8 heteroatoms. The van der Waals surface area contributed by atoms with Gasteiger partial charge < -0.3 is 21.1 Å². The maximum Gasteiger partial charge on any atom is 0.407 e. The normalized spacial score (nSPS) is 21.3. The van der Waals surface area contributed by atoms with Crippen LogP contribution in [-0.2, 0) is 0 Å². The summed E-state index contributed by atoms with van der Waals surface area (Å²) in [5.74, 6) is 1.06. The van der Waals surface area contributed by atoms with Gasteiger partial charge in [0.25, 0.3) is 0 Å². The first kappa shape index (κ1) is 15.3. The van der Waals surface area contributed by atoms with E-state index in [0.29, 0.717) is 29.2 Å². The van der Waals surface area contributed by atoms with Crippen LogP contribution in [-0.4, -0.2) is 49.7 Å². The Labute approximate surface area is 133 Å². The van der Waals surface area contributed by atoms with E-state index < -0.39 is 6.09 Å². The van der Waals surface area contributed by atoms with Crippen molar-refractivity contribution in [2.24, 2.45) is 0 Å². The molecule has 3 rings (SSSR count). The molecule has 4 N–H and O–H groups in total. The fourth-order valence-electron chi connectivity index (χ4n) is 3.07. The van der Waals surface area contributed by atoms with Gasteiger partial charge >= 0.3 is 6.09 Å². The van der Waals surface area contributed by atoms with Crippen molar-refractivity contribution in [3.63, 3.8) is 0 Å². The highest BCUT2D eigenvalue weighted by atomic mass is 16.4. The highest BCUT2D eigenvalue weighted by Crippen LogP contribution is 2.24. The summed E-state index contributed by atoms with van der Waals surface area (Å²) in [5.41, 5.74) is 7.12. The highest BCUT2D eigenvalue weighted by Gasteiger charge is 2.30. The molecule has 1 fully saturated rings. The smallest absolute Gasteiger partial charge is 0.407 e. The summed E-state index contributed by atoms with van der Waals surface area (Å²) < 4.78 is 0. The van der Waals surface area contributed by atoms with E-state index in [1.165, 1.54) is 11.2 Å². The van der Waals surface area contributed by atoms with E-state index in [4.69, 9.17) is 5.73 Å². The van der Waals surface area contributed by atoms with Gasteiger partial charge in [-0.1, -0.05) is 6.92 Å². The van der Waals surface area contributed by atoms with Crippen molar-refractivity contribution in [3.8, 4) is 0 Å². The average Bonchev–Trinajstić information content (AvgIpc) is 2.55. The number of hydrogen-bond donors (Lipinski definition) is 3. The number of likely N-dealkylation sites (tertiary alicyclic amines) is 1. The van der Waals surface area contributed by atoms with Crippen molar-refractivity contribution >= 4 is 28.8 Å². The number of rotatable bonds is 3. The summed E-state index contributed by atoms with van der Waals surface area (Å²) in [4.78, 5) is 25.3. The lowest BCUT2D eigenvalue weighted by molar-refractivity contribution is 0.102. The molecule has 0 aromatic carbocycles. The molecule has 0 radical (unpaired) electrons. The number of nitrogen functional groups attached to an aromatic ring is 1. The van der Waals surface area contributed by atoms with E-state index in [0.717, 1.165) is 19.3 Å². The highest BCUT2D eigenvalue weighted by molar-refractivity contribution is 5.84. The van der Waals surface area contributed by atoms with Crippen LogP contribution in [0.15, 0.2) is 18.5 Å². The van der Waals surface area contributed by atoms with Crippen molar-refractivity contribution < 1.29 is 9.90 Å². The zero-order valence-electron chi connectivity index (χ0n) is 12.9. The Hall–Kier alpha value is -2.64. The fraction of sp³-hybridized carbons (Fsp3) is 0.467. The van der Waals surface area contributed by atoms with Gasteiger partial charge in [0, 0.05) is 18.6 Å². The SMILES string of the molecule is CCC1CC(Nc2ccc3ncnc(N)c3n2)CCN1C(=O)O. The lowest BCUT2D eigenvalue weighted by Gasteiger charge is -2.37. The second-order valence-corrected chi connectivity index (χ2v) is 5.73. The molecule has 23 heavy (non-hydrogen) atoms. The molecule has 3 heterocycles. The average molecular weight is 316 g/mol. The summed E-state index contributed by atoms with van der Waals surface area (Å²) in [6.07, 6.45) is 2.90. The first-order chi connectivity index (χ1) is 11.1. The van der Waals surface area contributed by atoms with E-state index in [9.17, 15) is 9.90 Å². The predicted octanol–water partition coefficient (Wildman–Crippen LogP) is 1.94. The summed E-state index contributed by atoms with van der Waals surface area (Å²) in [7, 11) is 0. The van der Waals surface area contributed by atoms with Crippen LogP contribution in [0.1, 0.15) is 26.2 Å². The van der Waals surface area contributed by atoms with Crippen LogP contribution in [0.2, 0.25) is 0 Å². The van der Waals surface area contributed by atoms with Gasteiger partial charge in [0.2, 0.25) is 0 Å². The Morgan fingerprint density at radius 3 is 3.04 bits per heavy atom. The van der Waals surface area contributed by atoms with Crippen LogP contribution in [0.25, 0.3) is 11.0 Å². The number of fused-ring (bicyclic) bond motifs is 1. The van der Waals surface area contributed by atoms with Gasteiger partial charge in [-0.25, -0.2) is 19.7 Å². The lowest BCUT2D eigenvalue weighted by atomic mass is 9.96. The molecule has 1 amide bonds. The van der Waals surface area contributed by atoms with Crippen LogP contribution in [0.4, 0.5) is 16.4 Å². The van der Waals surface area contributed by atoms with Crippen molar-refractivity contribution in [3.05, 3.63) is 18.5 Å². The summed E-state index contributed by atoms with van der Waals surface area (Å²) >= 11 is 0. The Morgan fingerprint density at radius 2 is 2.30 bits per heavy atom. The number of nitrogens with one attached hydrogen (secondary N) is 1. The van der Waals surface area contributed by atoms with Crippen LogP contribution >= 0.6 is 0 Å². The number of nitrogens with zero attached hydrogens (tertiary/aromatic N) is 4. The predicted molar refractivity (Wildman–Crippen MR) is 87.2 cm³/mol. The molecule has 1 saturated heterocycles. The Kier molecular flexibility index (Phi) is 4.14. The molecule has 0 bridgehead atoms. The van der Waals surface area contributed by atoms with Crippen LogP contribution < -0.4 is 11.1 Å². The molecule has 0 aliphatic carbocycles. The second-order valence-electron chi connectivity index (χ2n) is 5.73. The van der Waals surface area contributed by atoms with Crippen molar-refractivity contribution in [1.29, 1.82) is 0 Å².